The molecule has 0 saturated heterocycles. The van der Waals surface area contributed by atoms with Crippen LogP contribution in [0, 0.1) is 0 Å². The van der Waals surface area contributed by atoms with E-state index in [9.17, 15) is 4.79 Å². The van der Waals surface area contributed by atoms with Gasteiger partial charge in [-0.05, 0) is 29.8 Å². The second-order valence-corrected chi connectivity index (χ2v) is 6.72. The number of ether oxygens (including phenoxy) is 2. The van der Waals surface area contributed by atoms with Crippen LogP contribution in [0.3, 0.4) is 0 Å². The molecule has 0 saturated carbocycles. The van der Waals surface area contributed by atoms with Crippen molar-refractivity contribution in [3.8, 4) is 17.1 Å². The van der Waals surface area contributed by atoms with E-state index < -0.39 is 0 Å². The Morgan fingerprint density at radius 1 is 1.21 bits per heavy atom. The molecule has 1 aliphatic rings. The first-order valence-corrected chi connectivity index (χ1v) is 9.17. The van der Waals surface area contributed by atoms with E-state index in [0.717, 1.165) is 5.56 Å². The van der Waals surface area contributed by atoms with Crippen molar-refractivity contribution in [2.45, 2.75) is 5.92 Å². The van der Waals surface area contributed by atoms with Crippen LogP contribution < -0.4 is 10.1 Å². The first-order chi connectivity index (χ1) is 13.7. The summed E-state index contributed by atoms with van der Waals surface area (Å²) in [4.78, 5) is 16.6. The molecule has 0 spiro atoms. The molecule has 0 aliphatic carbocycles. The number of halogens is 1. The lowest BCUT2D eigenvalue weighted by molar-refractivity contribution is 0.0940. The van der Waals surface area contributed by atoms with Crippen LogP contribution in [0.2, 0.25) is 5.02 Å². The topological polar surface area (TPSA) is 86.5 Å². The third-order valence-corrected chi connectivity index (χ3v) is 4.75. The van der Waals surface area contributed by atoms with E-state index in [2.05, 4.69) is 15.5 Å². The van der Waals surface area contributed by atoms with E-state index in [4.69, 9.17) is 25.6 Å². The van der Waals surface area contributed by atoms with Crippen LogP contribution in [-0.4, -0.2) is 42.9 Å². The van der Waals surface area contributed by atoms with Crippen LogP contribution in [0.1, 0.15) is 27.7 Å². The maximum atomic E-state index is 12.1. The van der Waals surface area contributed by atoms with Crippen molar-refractivity contribution in [2.75, 3.05) is 26.9 Å². The number of nitrogens with one attached hydrogen (secondary N) is 1. The minimum atomic E-state index is -0.216. The van der Waals surface area contributed by atoms with Gasteiger partial charge in [0, 0.05) is 24.2 Å². The second-order valence-electron chi connectivity index (χ2n) is 6.29. The summed E-state index contributed by atoms with van der Waals surface area (Å²) in [6.07, 6.45) is 0. The molecule has 1 aliphatic heterocycles. The highest BCUT2D eigenvalue weighted by molar-refractivity contribution is 6.30. The SMILES string of the molecule is COCCOc1ccc(Cl)cc1-c1noc(C2CNC(=O)c3ccccc32)n1. The molecule has 1 aromatic heterocycles. The highest BCUT2D eigenvalue weighted by Gasteiger charge is 2.30. The van der Waals surface area contributed by atoms with Gasteiger partial charge in [0.1, 0.15) is 12.4 Å². The number of carbonyl (C=O) groups excluding carboxylic acids is 1. The number of aromatic nitrogens is 2. The van der Waals surface area contributed by atoms with Crippen molar-refractivity contribution in [3.63, 3.8) is 0 Å². The zero-order valence-electron chi connectivity index (χ0n) is 15.1. The number of methoxy groups -OCH3 is 1. The minimum absolute atomic E-state index is 0.102. The van der Waals surface area contributed by atoms with Gasteiger partial charge in [0.25, 0.3) is 5.91 Å². The van der Waals surface area contributed by atoms with Crippen LogP contribution in [0.5, 0.6) is 5.75 Å². The number of hydrogen-bond acceptors (Lipinski definition) is 6. The summed E-state index contributed by atoms with van der Waals surface area (Å²) in [6.45, 7) is 1.24. The van der Waals surface area contributed by atoms with E-state index in [1.54, 1.807) is 31.4 Å². The van der Waals surface area contributed by atoms with E-state index in [0.29, 0.717) is 53.4 Å². The predicted octanol–water partition coefficient (Wildman–Crippen LogP) is 3.29. The summed E-state index contributed by atoms with van der Waals surface area (Å²) in [5.74, 6) is 1.07. The first-order valence-electron chi connectivity index (χ1n) is 8.79. The highest BCUT2D eigenvalue weighted by Crippen LogP contribution is 2.34. The molecule has 8 heteroatoms. The average Bonchev–Trinajstić information content (AvgIpc) is 3.19. The summed E-state index contributed by atoms with van der Waals surface area (Å²) in [5.41, 5.74) is 2.11. The molecule has 7 nitrogen and oxygen atoms in total. The number of benzene rings is 2. The zero-order valence-corrected chi connectivity index (χ0v) is 15.9. The molecule has 1 N–H and O–H groups in total. The van der Waals surface area contributed by atoms with E-state index in [1.807, 2.05) is 18.2 Å². The molecule has 1 unspecified atom stereocenters. The maximum Gasteiger partial charge on any atom is 0.251 e. The van der Waals surface area contributed by atoms with Gasteiger partial charge in [-0.1, -0.05) is 35.0 Å². The van der Waals surface area contributed by atoms with Gasteiger partial charge in [0.05, 0.1) is 18.1 Å². The maximum absolute atomic E-state index is 12.1. The van der Waals surface area contributed by atoms with E-state index in [-0.39, 0.29) is 11.8 Å². The molecule has 0 bridgehead atoms. The summed E-state index contributed by atoms with van der Waals surface area (Å²) in [5, 5.41) is 7.52. The number of rotatable bonds is 6. The van der Waals surface area contributed by atoms with Crippen LogP contribution in [0.25, 0.3) is 11.4 Å². The van der Waals surface area contributed by atoms with Crippen molar-refractivity contribution in [3.05, 3.63) is 64.5 Å². The number of fused-ring (bicyclic) bond motifs is 1. The Balaban J connectivity index is 1.67. The number of amides is 1. The van der Waals surface area contributed by atoms with Crippen molar-refractivity contribution in [1.29, 1.82) is 0 Å². The lowest BCUT2D eigenvalue weighted by Crippen LogP contribution is -2.35. The lowest BCUT2D eigenvalue weighted by atomic mass is 9.90. The number of nitrogens with zero attached hydrogens (tertiary/aromatic N) is 2. The van der Waals surface area contributed by atoms with Crippen molar-refractivity contribution < 1.29 is 18.8 Å². The third kappa shape index (κ3) is 3.58. The fraction of sp³-hybridized carbons (Fsp3) is 0.250. The Kier molecular flexibility index (Phi) is 5.27. The molecule has 0 fully saturated rings. The molecule has 4 rings (SSSR count). The molecule has 28 heavy (non-hydrogen) atoms. The molecular weight excluding hydrogens is 382 g/mol. The normalized spacial score (nSPS) is 15.8. The van der Waals surface area contributed by atoms with Gasteiger partial charge in [-0.25, -0.2) is 0 Å². The summed E-state index contributed by atoms with van der Waals surface area (Å²) in [6, 6.07) is 12.6. The Labute approximate surface area is 166 Å². The van der Waals surface area contributed by atoms with Crippen molar-refractivity contribution in [2.24, 2.45) is 0 Å². The van der Waals surface area contributed by atoms with Crippen molar-refractivity contribution in [1.82, 2.24) is 15.5 Å². The molecule has 2 heterocycles. The molecule has 0 radical (unpaired) electrons. The quantitative estimate of drug-likeness (QED) is 0.640. The van der Waals surface area contributed by atoms with Crippen molar-refractivity contribution >= 4 is 17.5 Å². The Morgan fingerprint density at radius 2 is 2.07 bits per heavy atom. The number of carbonyl (C=O) groups is 1. The second kappa shape index (κ2) is 8.00. The van der Waals surface area contributed by atoms with E-state index in [1.165, 1.54) is 0 Å². The van der Waals surface area contributed by atoms with Gasteiger partial charge in [0.2, 0.25) is 11.7 Å². The molecular formula is C20H18ClN3O4. The monoisotopic (exact) mass is 399 g/mol. The Bertz CT molecular complexity index is 1000. The van der Waals surface area contributed by atoms with Gasteiger partial charge in [-0.3, -0.25) is 4.79 Å². The van der Waals surface area contributed by atoms with Crippen LogP contribution >= 0.6 is 11.6 Å². The van der Waals surface area contributed by atoms with Gasteiger partial charge in [0.15, 0.2) is 0 Å². The fourth-order valence-electron chi connectivity index (χ4n) is 3.15. The Hall–Kier alpha value is -2.90. The van der Waals surface area contributed by atoms with Gasteiger partial charge in [-0.15, -0.1) is 0 Å². The zero-order chi connectivity index (χ0) is 19.5. The van der Waals surface area contributed by atoms with Crippen LogP contribution in [0.15, 0.2) is 47.0 Å². The summed E-state index contributed by atoms with van der Waals surface area (Å²) < 4.78 is 16.3. The van der Waals surface area contributed by atoms with Crippen LogP contribution in [-0.2, 0) is 4.74 Å². The van der Waals surface area contributed by atoms with E-state index >= 15 is 0 Å². The van der Waals surface area contributed by atoms with Gasteiger partial charge >= 0.3 is 0 Å². The fourth-order valence-corrected chi connectivity index (χ4v) is 3.32. The van der Waals surface area contributed by atoms with Gasteiger partial charge in [-0.2, -0.15) is 4.98 Å². The predicted molar refractivity (Wildman–Crippen MR) is 103 cm³/mol. The minimum Gasteiger partial charge on any atom is -0.490 e. The first kappa shape index (κ1) is 18.5. The standard InChI is InChI=1S/C20H18ClN3O4/c1-26-8-9-27-17-7-6-12(21)10-15(17)18-23-20(28-24-18)16-11-22-19(25)14-5-3-2-4-13(14)16/h2-7,10,16H,8-9,11H2,1H3,(H,22,25). The molecule has 3 aromatic rings. The number of hydrogen-bond donors (Lipinski definition) is 1. The lowest BCUT2D eigenvalue weighted by Gasteiger charge is -2.22. The molecule has 1 atom stereocenters. The van der Waals surface area contributed by atoms with Gasteiger partial charge < -0.3 is 19.3 Å². The molecule has 1 amide bonds. The molecule has 144 valence electrons. The summed E-state index contributed by atoms with van der Waals surface area (Å²) >= 11 is 6.15. The highest BCUT2D eigenvalue weighted by atomic mass is 35.5. The smallest absolute Gasteiger partial charge is 0.251 e. The largest absolute Gasteiger partial charge is 0.490 e. The third-order valence-electron chi connectivity index (χ3n) is 4.51. The average molecular weight is 400 g/mol. The summed E-state index contributed by atoms with van der Waals surface area (Å²) in [7, 11) is 1.61. The molecule has 2 aromatic carbocycles. The Morgan fingerprint density at radius 3 is 2.93 bits per heavy atom. The van der Waals surface area contributed by atoms with Crippen LogP contribution in [0.4, 0.5) is 0 Å².